The molecule has 0 aliphatic rings. The van der Waals surface area contributed by atoms with Gasteiger partial charge in [-0.15, -0.1) is 0 Å². The van der Waals surface area contributed by atoms with Gasteiger partial charge in [-0.1, -0.05) is 17.7 Å². The van der Waals surface area contributed by atoms with Gasteiger partial charge in [-0.25, -0.2) is 0 Å². The van der Waals surface area contributed by atoms with Crippen LogP contribution in [0.25, 0.3) is 6.08 Å². The van der Waals surface area contributed by atoms with Crippen LogP contribution in [0.15, 0.2) is 28.7 Å². The van der Waals surface area contributed by atoms with E-state index in [0.29, 0.717) is 5.02 Å². The van der Waals surface area contributed by atoms with Gasteiger partial charge in [0.25, 0.3) is 0 Å². The maximum atomic E-state index is 8.27. The van der Waals surface area contributed by atoms with E-state index in [0.717, 1.165) is 10.0 Å². The second kappa shape index (κ2) is 4.30. The van der Waals surface area contributed by atoms with Crippen molar-refractivity contribution in [3.05, 3.63) is 39.3 Å². The van der Waals surface area contributed by atoms with Crippen molar-refractivity contribution in [2.75, 3.05) is 0 Å². The van der Waals surface area contributed by atoms with Crippen LogP contribution in [0.3, 0.4) is 0 Å². The zero-order chi connectivity index (χ0) is 8.97. The molecule has 0 radical (unpaired) electrons. The van der Waals surface area contributed by atoms with Crippen molar-refractivity contribution >= 4 is 33.6 Å². The summed E-state index contributed by atoms with van der Waals surface area (Å²) in [6.07, 6.45) is 3.12. The zero-order valence-electron chi connectivity index (χ0n) is 6.09. The van der Waals surface area contributed by atoms with E-state index in [1.807, 2.05) is 18.2 Å². The molecule has 0 heterocycles. The average Bonchev–Trinajstić information content (AvgIpc) is 2.07. The van der Waals surface area contributed by atoms with Gasteiger partial charge in [0.1, 0.15) is 0 Å². The van der Waals surface area contributed by atoms with Gasteiger partial charge in [-0.05, 0) is 39.7 Å². The van der Waals surface area contributed by atoms with Gasteiger partial charge >= 0.3 is 0 Å². The van der Waals surface area contributed by atoms with Crippen LogP contribution in [0, 0.1) is 11.3 Å². The maximum absolute atomic E-state index is 8.27. The average molecular weight is 243 g/mol. The molecule has 12 heavy (non-hydrogen) atoms. The maximum Gasteiger partial charge on any atom is 0.0912 e. The van der Waals surface area contributed by atoms with Crippen LogP contribution in [0.4, 0.5) is 0 Å². The van der Waals surface area contributed by atoms with Gasteiger partial charge in [-0.3, -0.25) is 0 Å². The summed E-state index contributed by atoms with van der Waals surface area (Å²) in [6.45, 7) is 0. The molecule has 0 saturated carbocycles. The monoisotopic (exact) mass is 241 g/mol. The highest BCUT2D eigenvalue weighted by molar-refractivity contribution is 9.10. The van der Waals surface area contributed by atoms with Gasteiger partial charge in [0.05, 0.1) is 11.1 Å². The summed E-state index contributed by atoms with van der Waals surface area (Å²) in [7, 11) is 0. The van der Waals surface area contributed by atoms with E-state index >= 15 is 0 Å². The van der Waals surface area contributed by atoms with Crippen LogP contribution >= 0.6 is 27.5 Å². The Morgan fingerprint density at radius 2 is 2.25 bits per heavy atom. The van der Waals surface area contributed by atoms with Crippen molar-refractivity contribution in [3.63, 3.8) is 0 Å². The summed E-state index contributed by atoms with van der Waals surface area (Å²) in [5, 5.41) is 8.92. The quantitative estimate of drug-likeness (QED) is 0.690. The molecule has 0 fully saturated rings. The normalized spacial score (nSPS) is 10.1. The Bertz CT molecular complexity index is 352. The van der Waals surface area contributed by atoms with E-state index in [2.05, 4.69) is 15.9 Å². The number of nitriles is 1. The van der Waals surface area contributed by atoms with E-state index in [-0.39, 0.29) is 0 Å². The third kappa shape index (κ3) is 2.37. The third-order valence-corrected chi connectivity index (χ3v) is 2.53. The van der Waals surface area contributed by atoms with E-state index < -0.39 is 0 Å². The fourth-order valence-electron chi connectivity index (χ4n) is 0.750. The Morgan fingerprint density at radius 3 is 2.83 bits per heavy atom. The molecule has 60 valence electrons. The van der Waals surface area contributed by atoms with Crippen LogP contribution in [-0.2, 0) is 0 Å². The topological polar surface area (TPSA) is 23.8 Å². The fourth-order valence-corrected chi connectivity index (χ4v) is 1.19. The molecular weight excluding hydrogens is 237 g/mol. The highest BCUT2D eigenvalue weighted by atomic mass is 79.9. The molecular formula is C9H5BrClN. The van der Waals surface area contributed by atoms with Crippen LogP contribution in [-0.4, -0.2) is 0 Å². The zero-order valence-corrected chi connectivity index (χ0v) is 8.43. The number of hydrogen-bond acceptors (Lipinski definition) is 1. The molecule has 0 atom stereocenters. The molecule has 0 aromatic heterocycles. The number of halogens is 2. The second-order valence-electron chi connectivity index (χ2n) is 2.14. The summed E-state index contributed by atoms with van der Waals surface area (Å²) in [6, 6.07) is 7.43. The van der Waals surface area contributed by atoms with Gasteiger partial charge in [-0.2, -0.15) is 5.26 Å². The van der Waals surface area contributed by atoms with Gasteiger partial charge in [0, 0.05) is 10.5 Å². The standard InChI is InChI=1S/C9H5BrClN/c10-8-4-3-7(2-1-5-12)6-9(8)11/h1-4,6H/b2-1+. The van der Waals surface area contributed by atoms with Gasteiger partial charge in [0.15, 0.2) is 0 Å². The largest absolute Gasteiger partial charge is 0.193 e. The SMILES string of the molecule is N#C/C=C/c1ccc(Br)c(Cl)c1. The molecule has 0 amide bonds. The number of allylic oxidation sites excluding steroid dienone is 1. The lowest BCUT2D eigenvalue weighted by Gasteiger charge is -1.96. The highest BCUT2D eigenvalue weighted by Gasteiger charge is 1.95. The first-order valence-corrected chi connectivity index (χ1v) is 4.42. The smallest absolute Gasteiger partial charge is 0.0912 e. The number of rotatable bonds is 1. The first-order valence-electron chi connectivity index (χ1n) is 3.25. The lowest BCUT2D eigenvalue weighted by molar-refractivity contribution is 1.53. The number of hydrogen-bond donors (Lipinski definition) is 0. The minimum atomic E-state index is 0.648. The minimum absolute atomic E-state index is 0.648. The van der Waals surface area contributed by atoms with E-state index in [4.69, 9.17) is 16.9 Å². The molecule has 0 bridgehead atoms. The molecule has 0 saturated heterocycles. The molecule has 1 nitrogen and oxygen atoms in total. The van der Waals surface area contributed by atoms with Crippen molar-refractivity contribution < 1.29 is 0 Å². The predicted octanol–water partition coefficient (Wildman–Crippen LogP) is 3.64. The lowest BCUT2D eigenvalue weighted by Crippen LogP contribution is -1.72. The molecule has 1 rings (SSSR count). The van der Waals surface area contributed by atoms with Gasteiger partial charge in [0.2, 0.25) is 0 Å². The summed E-state index contributed by atoms with van der Waals surface area (Å²) < 4.78 is 0.860. The first kappa shape index (κ1) is 9.31. The molecule has 0 aliphatic heterocycles. The van der Waals surface area contributed by atoms with Crippen LogP contribution in [0.2, 0.25) is 5.02 Å². The van der Waals surface area contributed by atoms with Gasteiger partial charge < -0.3 is 0 Å². The van der Waals surface area contributed by atoms with Crippen LogP contribution < -0.4 is 0 Å². The van der Waals surface area contributed by atoms with Crippen molar-refractivity contribution in [1.29, 1.82) is 5.26 Å². The van der Waals surface area contributed by atoms with Crippen molar-refractivity contribution in [2.24, 2.45) is 0 Å². The highest BCUT2D eigenvalue weighted by Crippen LogP contribution is 2.23. The van der Waals surface area contributed by atoms with Crippen molar-refractivity contribution in [3.8, 4) is 6.07 Å². The molecule has 0 spiro atoms. The third-order valence-electron chi connectivity index (χ3n) is 1.29. The predicted molar refractivity (Wildman–Crippen MR) is 53.8 cm³/mol. The number of nitrogens with zero attached hydrogens (tertiary/aromatic N) is 1. The fraction of sp³-hybridized carbons (Fsp3) is 0. The Morgan fingerprint density at radius 1 is 1.50 bits per heavy atom. The van der Waals surface area contributed by atoms with E-state index in [1.54, 1.807) is 12.1 Å². The Hall–Kier alpha value is -0.780. The molecule has 0 aliphatic carbocycles. The summed E-state index contributed by atoms with van der Waals surface area (Å²) in [5.74, 6) is 0. The molecule has 0 N–H and O–H groups in total. The molecule has 1 aromatic carbocycles. The molecule has 3 heteroatoms. The Kier molecular flexibility index (Phi) is 3.33. The summed E-state index contributed by atoms with van der Waals surface area (Å²) >= 11 is 9.11. The minimum Gasteiger partial charge on any atom is -0.193 e. The van der Waals surface area contributed by atoms with E-state index in [1.165, 1.54) is 6.08 Å². The van der Waals surface area contributed by atoms with Crippen LogP contribution in [0.5, 0.6) is 0 Å². The molecule has 0 unspecified atom stereocenters. The summed E-state index contributed by atoms with van der Waals surface area (Å²) in [4.78, 5) is 0. The van der Waals surface area contributed by atoms with E-state index in [9.17, 15) is 0 Å². The van der Waals surface area contributed by atoms with Crippen molar-refractivity contribution in [1.82, 2.24) is 0 Å². The second-order valence-corrected chi connectivity index (χ2v) is 3.40. The number of benzene rings is 1. The lowest BCUT2D eigenvalue weighted by atomic mass is 10.2. The summed E-state index contributed by atoms with van der Waals surface area (Å²) in [5.41, 5.74) is 0.921. The Balaban J connectivity index is 2.99. The molecule has 1 aromatic rings. The van der Waals surface area contributed by atoms with Crippen molar-refractivity contribution in [2.45, 2.75) is 0 Å². The van der Waals surface area contributed by atoms with Crippen LogP contribution in [0.1, 0.15) is 5.56 Å². The Labute approximate surface area is 84.4 Å². The first-order chi connectivity index (χ1) is 5.74.